The Balaban J connectivity index is 1.46. The number of primary amides is 1. The maximum Gasteiger partial charge on any atom is 0.244 e. The Kier molecular flexibility index (Phi) is 6.24. The second-order valence-corrected chi connectivity index (χ2v) is 7.10. The molecule has 3 amide bonds. The molecule has 1 aromatic rings. The van der Waals surface area contributed by atoms with E-state index in [-0.39, 0.29) is 30.3 Å². The van der Waals surface area contributed by atoms with E-state index in [2.05, 4.69) is 5.32 Å². The van der Waals surface area contributed by atoms with Crippen molar-refractivity contribution in [1.29, 1.82) is 0 Å². The molecule has 2 aliphatic rings. The fourth-order valence-corrected chi connectivity index (χ4v) is 3.56. The maximum atomic E-state index is 12.1. The van der Waals surface area contributed by atoms with Gasteiger partial charge in [0.05, 0.1) is 6.54 Å². The summed E-state index contributed by atoms with van der Waals surface area (Å²) in [5.41, 5.74) is 7.02. The normalized spacial score (nSPS) is 19.0. The van der Waals surface area contributed by atoms with Crippen LogP contribution in [0.5, 0.6) is 0 Å². The SMILES string of the molecule is NC(=O)CN1CCC(NC(=O)C=Cc2ccc(N3CCCC3=O)cc2)CC1. The lowest BCUT2D eigenvalue weighted by Crippen LogP contribution is -2.46. The fourth-order valence-electron chi connectivity index (χ4n) is 3.56. The molecule has 2 heterocycles. The highest BCUT2D eigenvalue weighted by atomic mass is 16.2. The number of benzene rings is 1. The Morgan fingerprint density at radius 3 is 2.44 bits per heavy atom. The Labute approximate surface area is 159 Å². The van der Waals surface area contributed by atoms with Crippen LogP contribution in [0.1, 0.15) is 31.2 Å². The van der Waals surface area contributed by atoms with Crippen molar-refractivity contribution in [3.8, 4) is 0 Å². The third-order valence-corrected chi connectivity index (χ3v) is 5.02. The van der Waals surface area contributed by atoms with Crippen molar-refractivity contribution in [2.24, 2.45) is 5.73 Å². The molecule has 7 heteroatoms. The summed E-state index contributed by atoms with van der Waals surface area (Å²) >= 11 is 0. The lowest BCUT2D eigenvalue weighted by atomic mass is 10.0. The first-order valence-corrected chi connectivity index (χ1v) is 9.41. The molecule has 0 spiro atoms. The van der Waals surface area contributed by atoms with Gasteiger partial charge in [0.15, 0.2) is 0 Å². The van der Waals surface area contributed by atoms with Gasteiger partial charge in [-0.1, -0.05) is 12.1 Å². The van der Waals surface area contributed by atoms with Crippen molar-refractivity contribution in [2.45, 2.75) is 31.7 Å². The van der Waals surface area contributed by atoms with Crippen LogP contribution in [-0.4, -0.2) is 54.8 Å². The van der Waals surface area contributed by atoms with Crippen molar-refractivity contribution in [1.82, 2.24) is 10.2 Å². The molecule has 0 aliphatic carbocycles. The van der Waals surface area contributed by atoms with Gasteiger partial charge >= 0.3 is 0 Å². The number of carbonyl (C=O) groups excluding carboxylic acids is 3. The molecule has 0 bridgehead atoms. The van der Waals surface area contributed by atoms with Gasteiger partial charge in [-0.05, 0) is 43.0 Å². The number of piperidine rings is 1. The van der Waals surface area contributed by atoms with Gasteiger partial charge in [0.1, 0.15) is 0 Å². The number of carbonyl (C=O) groups is 3. The third kappa shape index (κ3) is 5.40. The van der Waals surface area contributed by atoms with E-state index in [1.54, 1.807) is 11.0 Å². The maximum absolute atomic E-state index is 12.1. The summed E-state index contributed by atoms with van der Waals surface area (Å²) < 4.78 is 0. The molecule has 1 aromatic carbocycles. The minimum absolute atomic E-state index is 0.120. The van der Waals surface area contributed by atoms with Crippen LogP contribution in [0.2, 0.25) is 0 Å². The van der Waals surface area contributed by atoms with E-state index in [1.165, 1.54) is 6.08 Å². The summed E-state index contributed by atoms with van der Waals surface area (Å²) in [5, 5.41) is 3.00. The molecule has 0 aromatic heterocycles. The number of likely N-dealkylation sites (tertiary alicyclic amines) is 1. The molecule has 7 nitrogen and oxygen atoms in total. The molecule has 0 unspecified atom stereocenters. The number of nitrogens with two attached hydrogens (primary N) is 1. The number of amides is 3. The smallest absolute Gasteiger partial charge is 0.244 e. The van der Waals surface area contributed by atoms with Gasteiger partial charge in [0.2, 0.25) is 17.7 Å². The van der Waals surface area contributed by atoms with Gasteiger partial charge in [0, 0.05) is 43.9 Å². The molecule has 3 rings (SSSR count). The van der Waals surface area contributed by atoms with E-state index in [1.807, 2.05) is 29.2 Å². The zero-order valence-electron chi connectivity index (χ0n) is 15.4. The molecular weight excluding hydrogens is 344 g/mol. The Morgan fingerprint density at radius 1 is 1.15 bits per heavy atom. The fraction of sp³-hybridized carbons (Fsp3) is 0.450. The van der Waals surface area contributed by atoms with Crippen LogP contribution in [0, 0.1) is 0 Å². The number of hydrogen-bond acceptors (Lipinski definition) is 4. The van der Waals surface area contributed by atoms with Crippen LogP contribution in [-0.2, 0) is 14.4 Å². The second-order valence-electron chi connectivity index (χ2n) is 7.10. The Morgan fingerprint density at radius 2 is 1.85 bits per heavy atom. The predicted octanol–water partition coefficient (Wildman–Crippen LogP) is 0.892. The molecule has 3 N–H and O–H groups in total. The van der Waals surface area contributed by atoms with Crippen LogP contribution in [0.15, 0.2) is 30.3 Å². The van der Waals surface area contributed by atoms with Crippen LogP contribution in [0.3, 0.4) is 0 Å². The molecule has 2 fully saturated rings. The van der Waals surface area contributed by atoms with Crippen LogP contribution in [0.4, 0.5) is 5.69 Å². The number of hydrogen-bond donors (Lipinski definition) is 2. The van der Waals surface area contributed by atoms with Gasteiger partial charge < -0.3 is 16.0 Å². The first kappa shape index (κ1) is 19.1. The van der Waals surface area contributed by atoms with Crippen molar-refractivity contribution >= 4 is 29.5 Å². The van der Waals surface area contributed by atoms with E-state index in [0.29, 0.717) is 6.42 Å². The number of nitrogens with one attached hydrogen (secondary N) is 1. The summed E-state index contributed by atoms with van der Waals surface area (Å²) in [6, 6.07) is 7.76. The summed E-state index contributed by atoms with van der Waals surface area (Å²) in [4.78, 5) is 38.6. The summed E-state index contributed by atoms with van der Waals surface area (Å²) in [6.45, 7) is 2.57. The topological polar surface area (TPSA) is 95.7 Å². The average molecular weight is 370 g/mol. The van der Waals surface area contributed by atoms with Gasteiger partial charge in [0.25, 0.3) is 0 Å². The number of anilines is 1. The van der Waals surface area contributed by atoms with E-state index in [4.69, 9.17) is 5.73 Å². The lowest BCUT2D eigenvalue weighted by molar-refractivity contribution is -0.120. The lowest BCUT2D eigenvalue weighted by Gasteiger charge is -2.31. The molecule has 144 valence electrons. The van der Waals surface area contributed by atoms with Crippen molar-refractivity contribution in [3.63, 3.8) is 0 Å². The van der Waals surface area contributed by atoms with Crippen LogP contribution >= 0.6 is 0 Å². The Hall–Kier alpha value is -2.67. The van der Waals surface area contributed by atoms with Crippen molar-refractivity contribution < 1.29 is 14.4 Å². The first-order valence-electron chi connectivity index (χ1n) is 9.41. The summed E-state index contributed by atoms with van der Waals surface area (Å²) in [5.74, 6) is -0.276. The highest BCUT2D eigenvalue weighted by Gasteiger charge is 2.22. The zero-order valence-corrected chi connectivity index (χ0v) is 15.4. The average Bonchev–Trinajstić information content (AvgIpc) is 3.08. The van der Waals surface area contributed by atoms with Crippen LogP contribution < -0.4 is 16.0 Å². The van der Waals surface area contributed by atoms with Gasteiger partial charge in [-0.2, -0.15) is 0 Å². The minimum atomic E-state index is -0.319. The zero-order chi connectivity index (χ0) is 19.2. The highest BCUT2D eigenvalue weighted by Crippen LogP contribution is 2.21. The Bertz CT molecular complexity index is 721. The van der Waals surface area contributed by atoms with Crippen molar-refractivity contribution in [3.05, 3.63) is 35.9 Å². The quantitative estimate of drug-likeness (QED) is 0.727. The van der Waals surface area contributed by atoms with E-state index in [0.717, 1.165) is 50.1 Å². The number of nitrogens with zero attached hydrogens (tertiary/aromatic N) is 2. The molecule has 2 aliphatic heterocycles. The minimum Gasteiger partial charge on any atom is -0.369 e. The largest absolute Gasteiger partial charge is 0.369 e. The highest BCUT2D eigenvalue weighted by molar-refractivity contribution is 5.95. The van der Waals surface area contributed by atoms with Crippen LogP contribution in [0.25, 0.3) is 6.08 Å². The predicted molar refractivity (Wildman–Crippen MR) is 104 cm³/mol. The first-order chi connectivity index (χ1) is 13.0. The molecule has 0 atom stereocenters. The van der Waals surface area contributed by atoms with E-state index in [9.17, 15) is 14.4 Å². The summed E-state index contributed by atoms with van der Waals surface area (Å²) in [6.07, 6.45) is 6.45. The van der Waals surface area contributed by atoms with Gasteiger partial charge in [-0.15, -0.1) is 0 Å². The standard InChI is InChI=1S/C20H26N4O3/c21-18(25)14-23-12-9-16(10-13-23)22-19(26)8-5-15-3-6-17(7-4-15)24-11-1-2-20(24)27/h3-8,16H,1-2,9-14H2,(H2,21,25)(H,22,26). The molecular formula is C20H26N4O3. The van der Waals surface area contributed by atoms with Gasteiger partial charge in [-0.3, -0.25) is 19.3 Å². The third-order valence-electron chi connectivity index (χ3n) is 5.02. The molecule has 27 heavy (non-hydrogen) atoms. The summed E-state index contributed by atoms with van der Waals surface area (Å²) in [7, 11) is 0. The van der Waals surface area contributed by atoms with E-state index >= 15 is 0 Å². The monoisotopic (exact) mass is 370 g/mol. The van der Waals surface area contributed by atoms with Gasteiger partial charge in [-0.25, -0.2) is 0 Å². The van der Waals surface area contributed by atoms with Crippen molar-refractivity contribution in [2.75, 3.05) is 31.1 Å². The molecule has 0 radical (unpaired) electrons. The molecule has 2 saturated heterocycles. The number of rotatable bonds is 6. The molecule has 0 saturated carbocycles. The van der Waals surface area contributed by atoms with E-state index < -0.39 is 0 Å². The second kappa shape index (κ2) is 8.81.